The number of para-hydroxylation sites is 1. The Hall–Kier alpha value is -3.00. The van der Waals surface area contributed by atoms with E-state index < -0.39 is 6.09 Å². The first kappa shape index (κ1) is 17.4. The quantitative estimate of drug-likeness (QED) is 0.729. The van der Waals surface area contributed by atoms with Crippen molar-refractivity contribution in [1.29, 1.82) is 0 Å². The van der Waals surface area contributed by atoms with Crippen LogP contribution in [-0.4, -0.2) is 31.2 Å². The molecule has 2 rings (SSSR count). The number of ether oxygens (including phenoxy) is 2. The molecule has 0 aliphatic heterocycles. The molecule has 0 aliphatic rings. The molecular weight excluding hydrogens is 304 g/mol. The molecule has 0 N–H and O–H groups in total. The molecule has 0 fully saturated rings. The van der Waals surface area contributed by atoms with E-state index in [9.17, 15) is 4.79 Å². The van der Waals surface area contributed by atoms with Gasteiger partial charge in [-0.2, -0.15) is 0 Å². The first-order chi connectivity index (χ1) is 11.7. The third kappa shape index (κ3) is 5.33. The van der Waals surface area contributed by atoms with Crippen LogP contribution in [0.25, 0.3) is 4.85 Å². The summed E-state index contributed by atoms with van der Waals surface area (Å²) >= 11 is 0. The van der Waals surface area contributed by atoms with Crippen molar-refractivity contribution in [2.75, 3.05) is 20.2 Å². The van der Waals surface area contributed by atoms with Gasteiger partial charge >= 0.3 is 6.09 Å². The van der Waals surface area contributed by atoms with Crippen LogP contribution in [0.2, 0.25) is 0 Å². The van der Waals surface area contributed by atoms with E-state index in [1.165, 1.54) is 4.90 Å². The largest absolute Gasteiger partial charge is 0.491 e. The van der Waals surface area contributed by atoms with Gasteiger partial charge in [-0.25, -0.2) is 11.4 Å². The topological polar surface area (TPSA) is 43.1 Å². The van der Waals surface area contributed by atoms with Gasteiger partial charge in [0.25, 0.3) is 0 Å². The summed E-state index contributed by atoms with van der Waals surface area (Å²) in [5, 5.41) is 0. The molecule has 0 aliphatic carbocycles. The minimum atomic E-state index is -0.392. The van der Waals surface area contributed by atoms with Gasteiger partial charge in [-0.1, -0.05) is 42.5 Å². The second kappa shape index (κ2) is 9.21. The third-order valence-corrected chi connectivity index (χ3v) is 3.42. The highest BCUT2D eigenvalue weighted by Crippen LogP contribution is 2.18. The summed E-state index contributed by atoms with van der Waals surface area (Å²) in [6.07, 6.45) is -0.392. The number of carbonyl (C=O) groups is 1. The van der Waals surface area contributed by atoms with Crippen LogP contribution in [0.3, 0.4) is 0 Å². The number of rotatable bonds is 7. The predicted molar refractivity (Wildman–Crippen MR) is 91.5 cm³/mol. The normalized spacial score (nSPS) is 9.83. The Morgan fingerprint density at radius 3 is 2.58 bits per heavy atom. The Balaban J connectivity index is 1.75. The van der Waals surface area contributed by atoms with Crippen molar-refractivity contribution in [2.24, 2.45) is 0 Å². The van der Waals surface area contributed by atoms with E-state index in [1.54, 1.807) is 7.05 Å². The second-order valence-electron chi connectivity index (χ2n) is 5.23. The van der Waals surface area contributed by atoms with Crippen molar-refractivity contribution in [3.63, 3.8) is 0 Å². The van der Waals surface area contributed by atoms with E-state index in [-0.39, 0.29) is 13.2 Å². The van der Waals surface area contributed by atoms with Crippen LogP contribution < -0.4 is 4.74 Å². The van der Waals surface area contributed by atoms with Crippen LogP contribution in [0.5, 0.6) is 5.75 Å². The lowest BCUT2D eigenvalue weighted by atomic mass is 10.2. The Labute approximate surface area is 142 Å². The van der Waals surface area contributed by atoms with Gasteiger partial charge in [0, 0.05) is 7.05 Å². The van der Waals surface area contributed by atoms with Crippen LogP contribution >= 0.6 is 0 Å². The number of hydrogen-bond acceptors (Lipinski definition) is 3. The smallest absolute Gasteiger partial charge is 0.409 e. The molecule has 5 heteroatoms. The Bertz CT molecular complexity index is 695. The summed E-state index contributed by atoms with van der Waals surface area (Å²) in [7, 11) is 1.67. The molecule has 5 nitrogen and oxygen atoms in total. The van der Waals surface area contributed by atoms with Gasteiger partial charge in [0.15, 0.2) is 0 Å². The molecule has 0 unspecified atom stereocenters. The summed E-state index contributed by atoms with van der Waals surface area (Å²) in [5.41, 5.74) is 1.80. The molecule has 2 aromatic rings. The molecule has 0 spiro atoms. The van der Waals surface area contributed by atoms with E-state index in [0.29, 0.717) is 18.9 Å². The van der Waals surface area contributed by atoms with Gasteiger partial charge in [-0.15, -0.1) is 0 Å². The number of carbonyl (C=O) groups excluding carboxylic acids is 1. The van der Waals surface area contributed by atoms with E-state index in [1.807, 2.05) is 54.6 Å². The van der Waals surface area contributed by atoms with Crippen LogP contribution in [0.1, 0.15) is 11.1 Å². The van der Waals surface area contributed by atoms with Gasteiger partial charge in [0.1, 0.15) is 19.0 Å². The Morgan fingerprint density at radius 1 is 1.12 bits per heavy atom. The minimum absolute atomic E-state index is 0.249. The van der Waals surface area contributed by atoms with Gasteiger partial charge in [-0.3, -0.25) is 0 Å². The Kier molecular flexibility index (Phi) is 6.66. The highest BCUT2D eigenvalue weighted by atomic mass is 16.6. The maximum absolute atomic E-state index is 11.9. The molecule has 0 saturated carbocycles. The third-order valence-electron chi connectivity index (χ3n) is 3.42. The summed E-state index contributed by atoms with van der Waals surface area (Å²) in [4.78, 5) is 16.8. The number of amides is 1. The zero-order valence-electron chi connectivity index (χ0n) is 13.6. The molecule has 0 atom stereocenters. The van der Waals surface area contributed by atoms with Crippen molar-refractivity contribution in [2.45, 2.75) is 13.2 Å². The molecule has 0 saturated heterocycles. The van der Waals surface area contributed by atoms with Crippen LogP contribution in [0, 0.1) is 6.57 Å². The number of likely N-dealkylation sites (N-methyl/N-ethyl adjacent to an activating group) is 1. The lowest BCUT2D eigenvalue weighted by Crippen LogP contribution is -2.31. The van der Waals surface area contributed by atoms with E-state index in [0.717, 1.165) is 11.1 Å². The molecule has 124 valence electrons. The number of hydrogen-bond donors (Lipinski definition) is 0. The van der Waals surface area contributed by atoms with Crippen molar-refractivity contribution in [1.82, 2.24) is 4.90 Å². The monoisotopic (exact) mass is 324 g/mol. The van der Waals surface area contributed by atoms with Crippen molar-refractivity contribution >= 4 is 6.09 Å². The van der Waals surface area contributed by atoms with Crippen LogP contribution in [0.15, 0.2) is 54.6 Å². The first-order valence-corrected chi connectivity index (χ1v) is 7.66. The van der Waals surface area contributed by atoms with Gasteiger partial charge in [-0.05, 0) is 17.7 Å². The average Bonchev–Trinajstić information content (AvgIpc) is 2.62. The number of benzene rings is 2. The molecule has 0 radical (unpaired) electrons. The fourth-order valence-corrected chi connectivity index (χ4v) is 2.07. The van der Waals surface area contributed by atoms with Crippen molar-refractivity contribution in [3.05, 3.63) is 77.1 Å². The molecular formula is C19H20N2O3. The molecule has 24 heavy (non-hydrogen) atoms. The van der Waals surface area contributed by atoms with E-state index in [2.05, 4.69) is 4.85 Å². The lowest BCUT2D eigenvalue weighted by Gasteiger charge is -2.17. The predicted octanol–water partition coefficient (Wildman–Crippen LogP) is 3.75. The molecule has 0 aromatic heterocycles. The van der Waals surface area contributed by atoms with Gasteiger partial charge < -0.3 is 19.2 Å². The van der Waals surface area contributed by atoms with Crippen LogP contribution in [-0.2, 0) is 17.9 Å². The zero-order valence-corrected chi connectivity index (χ0v) is 13.6. The number of nitrogens with zero attached hydrogens (tertiary/aromatic N) is 2. The highest BCUT2D eigenvalue weighted by Gasteiger charge is 2.11. The average molecular weight is 324 g/mol. The SMILES string of the molecule is [C-]#[N+]Cc1ccccc1OCCN(C)C(=O)OCc1ccccc1. The van der Waals surface area contributed by atoms with Crippen LogP contribution in [0.4, 0.5) is 4.79 Å². The maximum atomic E-state index is 11.9. The van der Waals surface area contributed by atoms with Crippen molar-refractivity contribution in [3.8, 4) is 5.75 Å². The lowest BCUT2D eigenvalue weighted by molar-refractivity contribution is 0.0994. The van der Waals surface area contributed by atoms with E-state index >= 15 is 0 Å². The molecule has 1 amide bonds. The van der Waals surface area contributed by atoms with Gasteiger partial charge in [0.05, 0.1) is 12.1 Å². The summed E-state index contributed by atoms with van der Waals surface area (Å²) in [6.45, 7) is 8.23. The highest BCUT2D eigenvalue weighted by molar-refractivity contribution is 5.67. The van der Waals surface area contributed by atoms with Crippen molar-refractivity contribution < 1.29 is 14.3 Å². The first-order valence-electron chi connectivity index (χ1n) is 7.66. The Morgan fingerprint density at radius 2 is 1.83 bits per heavy atom. The molecule has 2 aromatic carbocycles. The zero-order chi connectivity index (χ0) is 17.2. The maximum Gasteiger partial charge on any atom is 0.409 e. The summed E-state index contributed by atoms with van der Waals surface area (Å²) in [6, 6.07) is 17.0. The fourth-order valence-electron chi connectivity index (χ4n) is 2.07. The molecule has 0 bridgehead atoms. The minimum Gasteiger partial charge on any atom is -0.491 e. The summed E-state index contributed by atoms with van der Waals surface area (Å²) < 4.78 is 10.9. The standard InChI is InChI=1S/C19H20N2O3/c1-20-14-17-10-6-7-11-18(17)23-13-12-21(2)19(22)24-15-16-8-4-3-5-9-16/h3-11H,12-15H2,2H3. The second-order valence-corrected chi connectivity index (χ2v) is 5.23. The van der Waals surface area contributed by atoms with E-state index in [4.69, 9.17) is 16.0 Å². The molecule has 0 heterocycles. The van der Waals surface area contributed by atoms with Gasteiger partial charge in [0.2, 0.25) is 6.54 Å². The summed E-state index contributed by atoms with van der Waals surface area (Å²) in [5.74, 6) is 0.680. The fraction of sp³-hybridized carbons (Fsp3) is 0.263.